The molecule has 3 nitrogen and oxygen atoms in total. The Bertz CT molecular complexity index is 313. The fourth-order valence-corrected chi connectivity index (χ4v) is 1.97. The van der Waals surface area contributed by atoms with E-state index in [1.54, 1.807) is 0 Å². The Balaban J connectivity index is 2.34. The third kappa shape index (κ3) is 1.46. The molecule has 1 aromatic rings. The van der Waals surface area contributed by atoms with Gasteiger partial charge in [-0.15, -0.1) is 0 Å². The Morgan fingerprint density at radius 2 is 2.31 bits per heavy atom. The first-order valence-electron chi connectivity index (χ1n) is 4.62. The first-order chi connectivity index (χ1) is 6.20. The second kappa shape index (κ2) is 3.31. The number of halogens is 1. The molecule has 2 heterocycles. The van der Waals surface area contributed by atoms with E-state index in [0.717, 1.165) is 35.9 Å². The van der Waals surface area contributed by atoms with Crippen molar-refractivity contribution in [2.45, 2.75) is 26.3 Å². The van der Waals surface area contributed by atoms with E-state index in [0.29, 0.717) is 6.04 Å². The first-order valence-corrected chi connectivity index (χ1v) is 5.00. The minimum Gasteiger partial charge on any atom is -0.315 e. The fraction of sp³-hybridized carbons (Fsp3) is 0.667. The molecule has 1 saturated heterocycles. The standard InChI is InChI=1S/C9H14ClN3/c1-6-9(10)7(2)13(12-6)8-3-4-11-5-8/h8,11H,3-5H2,1-2H3. The van der Waals surface area contributed by atoms with Crippen LogP contribution in [0.15, 0.2) is 0 Å². The predicted molar refractivity (Wildman–Crippen MR) is 53.2 cm³/mol. The van der Waals surface area contributed by atoms with Gasteiger partial charge in [-0.1, -0.05) is 11.6 Å². The van der Waals surface area contributed by atoms with E-state index in [2.05, 4.69) is 15.1 Å². The molecule has 1 aliphatic rings. The number of aromatic nitrogens is 2. The summed E-state index contributed by atoms with van der Waals surface area (Å²) in [6.07, 6.45) is 1.15. The SMILES string of the molecule is Cc1nn(C2CCNC2)c(C)c1Cl. The molecule has 4 heteroatoms. The van der Waals surface area contributed by atoms with Crippen molar-refractivity contribution in [3.8, 4) is 0 Å². The van der Waals surface area contributed by atoms with Crippen molar-refractivity contribution < 1.29 is 0 Å². The van der Waals surface area contributed by atoms with E-state index in [-0.39, 0.29) is 0 Å². The summed E-state index contributed by atoms with van der Waals surface area (Å²) in [5.74, 6) is 0. The maximum Gasteiger partial charge on any atom is 0.0844 e. The zero-order chi connectivity index (χ0) is 9.42. The van der Waals surface area contributed by atoms with Crippen molar-refractivity contribution in [2.75, 3.05) is 13.1 Å². The highest BCUT2D eigenvalue weighted by Crippen LogP contribution is 2.24. The third-order valence-electron chi connectivity index (χ3n) is 2.62. The average Bonchev–Trinajstić information content (AvgIpc) is 2.70. The zero-order valence-corrected chi connectivity index (χ0v) is 8.73. The number of rotatable bonds is 1. The van der Waals surface area contributed by atoms with E-state index in [9.17, 15) is 0 Å². The summed E-state index contributed by atoms with van der Waals surface area (Å²) in [4.78, 5) is 0. The monoisotopic (exact) mass is 199 g/mol. The molecule has 13 heavy (non-hydrogen) atoms. The Labute approximate surface area is 83.1 Å². The molecular formula is C9H14ClN3. The summed E-state index contributed by atoms with van der Waals surface area (Å²) >= 11 is 6.07. The summed E-state index contributed by atoms with van der Waals surface area (Å²) in [5, 5.41) is 8.57. The summed E-state index contributed by atoms with van der Waals surface area (Å²) < 4.78 is 2.05. The number of nitrogens with zero attached hydrogens (tertiary/aromatic N) is 2. The molecule has 1 N–H and O–H groups in total. The van der Waals surface area contributed by atoms with Crippen LogP contribution in [-0.4, -0.2) is 22.9 Å². The average molecular weight is 200 g/mol. The minimum absolute atomic E-state index is 0.492. The Morgan fingerprint density at radius 3 is 2.77 bits per heavy atom. The first kappa shape index (κ1) is 9.03. The molecule has 1 fully saturated rings. The molecule has 72 valence electrons. The van der Waals surface area contributed by atoms with Gasteiger partial charge in [-0.3, -0.25) is 4.68 Å². The highest BCUT2D eigenvalue weighted by Gasteiger charge is 2.20. The summed E-state index contributed by atoms with van der Waals surface area (Å²) in [6.45, 7) is 6.08. The molecule has 0 radical (unpaired) electrons. The summed E-state index contributed by atoms with van der Waals surface area (Å²) in [5.41, 5.74) is 2.03. The molecule has 1 atom stereocenters. The van der Waals surface area contributed by atoms with Crippen LogP contribution in [0.5, 0.6) is 0 Å². The lowest BCUT2D eigenvalue weighted by molar-refractivity contribution is 0.477. The van der Waals surface area contributed by atoms with Gasteiger partial charge in [0.25, 0.3) is 0 Å². The van der Waals surface area contributed by atoms with Gasteiger partial charge < -0.3 is 5.32 Å². The van der Waals surface area contributed by atoms with Gasteiger partial charge in [-0.25, -0.2) is 0 Å². The van der Waals surface area contributed by atoms with E-state index in [1.807, 2.05) is 13.8 Å². The van der Waals surface area contributed by atoms with Gasteiger partial charge >= 0.3 is 0 Å². The maximum atomic E-state index is 6.07. The topological polar surface area (TPSA) is 29.9 Å². The summed E-state index contributed by atoms with van der Waals surface area (Å²) in [6, 6.07) is 0.492. The molecular weight excluding hydrogens is 186 g/mol. The second-order valence-electron chi connectivity index (χ2n) is 3.58. The molecule has 0 aromatic carbocycles. The molecule has 1 aliphatic heterocycles. The van der Waals surface area contributed by atoms with Gasteiger partial charge in [-0.2, -0.15) is 5.10 Å². The number of hydrogen-bond acceptors (Lipinski definition) is 2. The molecule has 0 bridgehead atoms. The van der Waals surface area contributed by atoms with Crippen LogP contribution in [0, 0.1) is 13.8 Å². The largest absolute Gasteiger partial charge is 0.315 e. The lowest BCUT2D eigenvalue weighted by Crippen LogP contribution is -2.15. The molecule has 0 amide bonds. The van der Waals surface area contributed by atoms with E-state index >= 15 is 0 Å². The molecule has 0 saturated carbocycles. The van der Waals surface area contributed by atoms with Crippen molar-refractivity contribution in [2.24, 2.45) is 0 Å². The van der Waals surface area contributed by atoms with Crippen LogP contribution in [0.25, 0.3) is 0 Å². The van der Waals surface area contributed by atoms with Crippen LogP contribution >= 0.6 is 11.6 Å². The van der Waals surface area contributed by atoms with Crippen LogP contribution < -0.4 is 5.32 Å². The smallest absolute Gasteiger partial charge is 0.0844 e. The number of hydrogen-bond donors (Lipinski definition) is 1. The van der Waals surface area contributed by atoms with Crippen molar-refractivity contribution in [3.63, 3.8) is 0 Å². The lowest BCUT2D eigenvalue weighted by Gasteiger charge is -2.10. The van der Waals surface area contributed by atoms with E-state index in [4.69, 9.17) is 11.6 Å². The summed E-state index contributed by atoms with van der Waals surface area (Å²) in [7, 11) is 0. The highest BCUT2D eigenvalue weighted by atomic mass is 35.5. The third-order valence-corrected chi connectivity index (χ3v) is 3.16. The number of aryl methyl sites for hydroxylation is 1. The Kier molecular flexibility index (Phi) is 2.30. The normalized spacial score (nSPS) is 22.5. The predicted octanol–water partition coefficient (Wildman–Crippen LogP) is 1.69. The van der Waals surface area contributed by atoms with Gasteiger partial charge in [-0.05, 0) is 26.8 Å². The van der Waals surface area contributed by atoms with Crippen molar-refractivity contribution in [3.05, 3.63) is 16.4 Å². The molecule has 1 aromatic heterocycles. The Hall–Kier alpha value is -0.540. The maximum absolute atomic E-state index is 6.07. The zero-order valence-electron chi connectivity index (χ0n) is 7.97. The fourth-order valence-electron chi connectivity index (χ4n) is 1.85. The van der Waals surface area contributed by atoms with E-state index < -0.39 is 0 Å². The van der Waals surface area contributed by atoms with Crippen molar-refractivity contribution in [1.82, 2.24) is 15.1 Å². The van der Waals surface area contributed by atoms with Gasteiger partial charge in [0.05, 0.1) is 22.5 Å². The van der Waals surface area contributed by atoms with Crippen molar-refractivity contribution in [1.29, 1.82) is 0 Å². The van der Waals surface area contributed by atoms with Gasteiger partial charge in [0.2, 0.25) is 0 Å². The van der Waals surface area contributed by atoms with Crippen LogP contribution in [0.3, 0.4) is 0 Å². The molecule has 0 spiro atoms. The molecule has 1 unspecified atom stereocenters. The van der Waals surface area contributed by atoms with Crippen LogP contribution in [0.4, 0.5) is 0 Å². The molecule has 2 rings (SSSR count). The van der Waals surface area contributed by atoms with Gasteiger partial charge in [0.15, 0.2) is 0 Å². The lowest BCUT2D eigenvalue weighted by atomic mass is 10.2. The second-order valence-corrected chi connectivity index (χ2v) is 3.95. The van der Waals surface area contributed by atoms with E-state index in [1.165, 1.54) is 0 Å². The molecule has 0 aliphatic carbocycles. The minimum atomic E-state index is 0.492. The quantitative estimate of drug-likeness (QED) is 0.746. The Morgan fingerprint density at radius 1 is 1.54 bits per heavy atom. The van der Waals surface area contributed by atoms with Crippen molar-refractivity contribution >= 4 is 11.6 Å². The highest BCUT2D eigenvalue weighted by molar-refractivity contribution is 6.31. The number of nitrogens with one attached hydrogen (secondary N) is 1. The van der Waals surface area contributed by atoms with Gasteiger partial charge in [0.1, 0.15) is 0 Å². The van der Waals surface area contributed by atoms with Gasteiger partial charge in [0, 0.05) is 6.54 Å². The van der Waals surface area contributed by atoms with Crippen LogP contribution in [0.2, 0.25) is 5.02 Å². The van der Waals surface area contributed by atoms with Crippen LogP contribution in [-0.2, 0) is 0 Å². The van der Waals surface area contributed by atoms with Crippen LogP contribution in [0.1, 0.15) is 23.9 Å².